The van der Waals surface area contributed by atoms with Crippen LogP contribution < -0.4 is 0 Å². The van der Waals surface area contributed by atoms with Crippen LogP contribution in [0.4, 0.5) is 0 Å². The fourth-order valence-corrected chi connectivity index (χ4v) is 0. The molecule has 42 valence electrons. The average molecular weight is 100 g/mol. The van der Waals surface area contributed by atoms with Gasteiger partial charge in [-0.05, 0) is 0 Å². The highest BCUT2D eigenvalue weighted by molar-refractivity contribution is 4.80. The first kappa shape index (κ1) is 9.65. The van der Waals surface area contributed by atoms with Crippen molar-refractivity contribution >= 4 is 0 Å². The van der Waals surface area contributed by atoms with Gasteiger partial charge in [-0.1, -0.05) is 0 Å². The number of hydrogen-bond donors (Lipinski definition) is 0. The molecule has 0 aromatic heterocycles. The molecule has 0 spiro atoms. The summed E-state index contributed by atoms with van der Waals surface area (Å²) in [5, 5.41) is 8.03. The van der Waals surface area contributed by atoms with Crippen LogP contribution >= 0.6 is 0 Å². The van der Waals surface area contributed by atoms with Crippen molar-refractivity contribution in [2.75, 3.05) is 0 Å². The molecule has 0 rings (SSSR count). The van der Waals surface area contributed by atoms with Crippen LogP contribution in [-0.2, 0) is 0 Å². The maximum atomic E-state index is 8.03. The molecule has 0 aliphatic heterocycles. The van der Waals surface area contributed by atoms with E-state index in [0.717, 1.165) is 0 Å². The zero-order valence-electron chi connectivity index (χ0n) is 5.39. The predicted octanol–water partition coefficient (Wildman–Crippen LogP) is 2.09. The first-order valence-electron chi connectivity index (χ1n) is 1.92. The average Bonchev–Trinajstić information content (AvgIpc) is 1.35. The molecule has 0 radical (unpaired) electrons. The lowest BCUT2D eigenvalue weighted by atomic mass is 10.1. The van der Waals surface area contributed by atoms with Gasteiger partial charge >= 0.3 is 5.54 Å². The molecule has 0 saturated carbocycles. The Labute approximate surface area is 45.2 Å². The van der Waals surface area contributed by atoms with E-state index >= 15 is 0 Å². The Morgan fingerprint density at radius 3 is 1.43 bits per heavy atom. The second kappa shape index (κ2) is 2.57. The van der Waals surface area contributed by atoms with Crippen molar-refractivity contribution in [3.05, 3.63) is 12.4 Å². The summed E-state index contributed by atoms with van der Waals surface area (Å²) in [5.74, 6) is 0. The molecule has 7 heavy (non-hydrogen) atoms. The van der Waals surface area contributed by atoms with Crippen molar-refractivity contribution in [2.24, 2.45) is 0 Å². The fourth-order valence-electron chi connectivity index (χ4n) is 0. The van der Waals surface area contributed by atoms with Crippen LogP contribution in [0.2, 0.25) is 0 Å². The van der Waals surface area contributed by atoms with Gasteiger partial charge in [0.15, 0.2) is 0 Å². The van der Waals surface area contributed by atoms with Crippen LogP contribution in [0.3, 0.4) is 0 Å². The van der Waals surface area contributed by atoms with Gasteiger partial charge in [-0.15, -0.1) is 0 Å². The molecule has 0 fully saturated rings. The lowest BCUT2D eigenvalue weighted by molar-refractivity contribution is 0.673. The number of rotatable bonds is 0. The molecule has 0 aromatic carbocycles. The lowest BCUT2D eigenvalue weighted by Gasteiger charge is -1.84. The molecule has 2 nitrogen and oxygen atoms in total. The maximum Gasteiger partial charge on any atom is 0.314 e. The van der Waals surface area contributed by atoms with Gasteiger partial charge in [-0.3, -0.25) is 0 Å². The van der Waals surface area contributed by atoms with Crippen LogP contribution in [0.5, 0.6) is 0 Å². The van der Waals surface area contributed by atoms with Gasteiger partial charge in [0, 0.05) is 20.8 Å². The van der Waals surface area contributed by atoms with E-state index in [2.05, 4.69) is 4.98 Å². The summed E-state index contributed by atoms with van der Waals surface area (Å²) in [6.07, 6.45) is 0. The smallest absolute Gasteiger partial charge is 0.314 e. The zero-order valence-corrected chi connectivity index (χ0v) is 5.39. The number of diazo groups is 1. The van der Waals surface area contributed by atoms with Gasteiger partial charge in [0.25, 0.3) is 0 Å². The third-order valence-electron chi connectivity index (χ3n) is 0.300. The molecular formula is C5H12N2. The van der Waals surface area contributed by atoms with E-state index in [4.69, 9.17) is 5.39 Å². The highest BCUT2D eigenvalue weighted by Gasteiger charge is 2.21. The summed E-state index contributed by atoms with van der Waals surface area (Å²) in [6.45, 7) is 5.48. The Hall–Kier alpha value is -0.580. The minimum Gasteiger partial charge on any atom is -0.358 e. The summed E-state index contributed by atoms with van der Waals surface area (Å²) in [5.41, 5.74) is -0.278. The summed E-state index contributed by atoms with van der Waals surface area (Å²) in [7, 11) is 0. The second-order valence-electron chi connectivity index (χ2n) is 2.27. The quantitative estimate of drug-likeness (QED) is 0.338. The monoisotopic (exact) mass is 100 g/mol. The predicted molar refractivity (Wildman–Crippen MR) is 31.3 cm³/mol. The van der Waals surface area contributed by atoms with E-state index in [1.54, 1.807) is 0 Å². The first-order chi connectivity index (χ1) is 2.56. The first-order valence-corrected chi connectivity index (χ1v) is 1.92. The highest BCUT2D eigenvalue weighted by atomic mass is 14.9. The van der Waals surface area contributed by atoms with Crippen LogP contribution in [0.15, 0.2) is 0 Å². The zero-order chi connectivity index (χ0) is 5.21. The number of nitrogens with zero attached hydrogens (tertiary/aromatic N) is 2. The van der Waals surface area contributed by atoms with Gasteiger partial charge in [-0.2, -0.15) is 0 Å². The van der Waals surface area contributed by atoms with Gasteiger partial charge in [-0.25, -0.2) is 0 Å². The molecule has 0 aromatic rings. The van der Waals surface area contributed by atoms with Crippen molar-refractivity contribution < 1.29 is 0 Å². The van der Waals surface area contributed by atoms with E-state index in [1.807, 2.05) is 20.8 Å². The van der Waals surface area contributed by atoms with Crippen molar-refractivity contribution in [3.63, 3.8) is 0 Å². The van der Waals surface area contributed by atoms with E-state index in [0.29, 0.717) is 0 Å². The van der Waals surface area contributed by atoms with Crippen LogP contribution in [-0.4, -0.2) is 5.54 Å². The minimum absolute atomic E-state index is 0. The summed E-state index contributed by atoms with van der Waals surface area (Å²) >= 11 is 0. The van der Waals surface area contributed by atoms with Gasteiger partial charge in [0.1, 0.15) is 4.98 Å². The van der Waals surface area contributed by atoms with E-state index in [-0.39, 0.29) is 13.0 Å². The van der Waals surface area contributed by atoms with Crippen molar-refractivity contribution in [3.8, 4) is 0 Å². The number of hydrogen-bond acceptors (Lipinski definition) is 1. The normalized spacial score (nSPS) is 8.86. The molecule has 0 aliphatic carbocycles. The van der Waals surface area contributed by atoms with Crippen LogP contribution in [0, 0.1) is 12.8 Å². The van der Waals surface area contributed by atoms with Gasteiger partial charge in [0.05, 0.1) is 0 Å². The molecular weight excluding hydrogens is 88.1 g/mol. The van der Waals surface area contributed by atoms with Crippen LogP contribution in [0.1, 0.15) is 20.8 Å². The summed E-state index contributed by atoms with van der Waals surface area (Å²) in [6, 6.07) is 0. The lowest BCUT2D eigenvalue weighted by Crippen LogP contribution is -2.04. The minimum atomic E-state index is -0.278. The van der Waals surface area contributed by atoms with Gasteiger partial charge < -0.3 is 7.43 Å². The third kappa shape index (κ3) is 10.8. The summed E-state index contributed by atoms with van der Waals surface area (Å²) in [4.78, 5) is 3.02. The van der Waals surface area contributed by atoms with Crippen molar-refractivity contribution in [1.29, 1.82) is 5.39 Å². The molecule has 0 heterocycles. The maximum absolute atomic E-state index is 8.03. The molecule has 0 bridgehead atoms. The molecule has 0 unspecified atom stereocenters. The highest BCUT2D eigenvalue weighted by Crippen LogP contribution is 2.03. The molecule has 0 saturated heterocycles. The topological polar surface area (TPSA) is 28.1 Å². The fraction of sp³-hybridized carbons (Fsp3) is 0.800. The standard InChI is InChI=1S/C4H9N2.CH3/c1-4(2,3)6-5;/h1-3H3;1H3/q+1;-1. The Balaban J connectivity index is 0. The second-order valence-corrected chi connectivity index (χ2v) is 2.27. The Morgan fingerprint density at radius 1 is 1.29 bits per heavy atom. The molecule has 0 N–H and O–H groups in total. The van der Waals surface area contributed by atoms with E-state index in [1.165, 1.54) is 0 Å². The Kier molecular flexibility index (Phi) is 3.54. The Bertz CT molecular complexity index is 73.1. The molecule has 2 heteroatoms. The Morgan fingerprint density at radius 2 is 1.43 bits per heavy atom. The van der Waals surface area contributed by atoms with Crippen LogP contribution in [0.25, 0.3) is 4.98 Å². The molecule has 0 amide bonds. The molecule has 0 atom stereocenters. The van der Waals surface area contributed by atoms with Crippen molar-refractivity contribution in [2.45, 2.75) is 26.3 Å². The third-order valence-corrected chi connectivity index (χ3v) is 0.300. The largest absolute Gasteiger partial charge is 0.358 e. The van der Waals surface area contributed by atoms with E-state index in [9.17, 15) is 0 Å². The molecule has 0 aliphatic rings. The van der Waals surface area contributed by atoms with Crippen molar-refractivity contribution in [1.82, 2.24) is 0 Å². The van der Waals surface area contributed by atoms with Gasteiger partial charge in [0.2, 0.25) is 5.39 Å². The SMILES string of the molecule is CC(C)(C)[N+]#N.[CH3-]. The van der Waals surface area contributed by atoms with E-state index < -0.39 is 0 Å². The summed E-state index contributed by atoms with van der Waals surface area (Å²) < 4.78 is 0.